The molecule has 1 amide bonds. The number of hydrogen-bond donors (Lipinski definition) is 2. The Morgan fingerprint density at radius 2 is 1.81 bits per heavy atom. The van der Waals surface area contributed by atoms with Gasteiger partial charge in [-0.3, -0.25) is 14.6 Å². The van der Waals surface area contributed by atoms with Gasteiger partial charge in [-0.25, -0.2) is 0 Å². The minimum Gasteiger partial charge on any atom is -0.508 e. The summed E-state index contributed by atoms with van der Waals surface area (Å²) in [6.45, 7) is 2.17. The average Bonchev–Trinajstić information content (AvgIpc) is 3.04. The lowest BCUT2D eigenvalue weighted by molar-refractivity contribution is -0.140. The molecule has 2 aromatic carbocycles. The van der Waals surface area contributed by atoms with E-state index in [4.69, 9.17) is 0 Å². The molecule has 6 heteroatoms. The summed E-state index contributed by atoms with van der Waals surface area (Å²) in [5, 5.41) is 21.1. The Hall–Kier alpha value is -3.93. The van der Waals surface area contributed by atoms with E-state index in [0.29, 0.717) is 11.1 Å². The number of aromatic nitrogens is 1. The molecular weight excluding hydrogens is 392 g/mol. The molecule has 3 aromatic rings. The molecule has 1 fully saturated rings. The van der Waals surface area contributed by atoms with Crippen molar-refractivity contribution in [2.24, 2.45) is 0 Å². The Bertz CT molecular complexity index is 1150. The van der Waals surface area contributed by atoms with Crippen molar-refractivity contribution in [2.45, 2.75) is 25.9 Å². The SMILES string of the molecule is CCc1ccc(/C(O)=C2/C(=O)C(=O)N(Cc3cccnc3)C2c2cccc(O)c2)cc1. The van der Waals surface area contributed by atoms with Gasteiger partial charge in [0.1, 0.15) is 11.5 Å². The predicted octanol–water partition coefficient (Wildman–Crippen LogP) is 3.97. The largest absolute Gasteiger partial charge is 0.508 e. The monoisotopic (exact) mass is 414 g/mol. The number of Topliss-reactive ketones (excluding diaryl/α,β-unsaturated/α-hetero) is 1. The lowest BCUT2D eigenvalue weighted by Crippen LogP contribution is -2.29. The lowest BCUT2D eigenvalue weighted by atomic mass is 9.94. The number of ketones is 1. The molecule has 2 heterocycles. The number of aliphatic hydroxyl groups excluding tert-OH is 1. The normalized spacial score (nSPS) is 17.8. The zero-order chi connectivity index (χ0) is 22.0. The number of rotatable bonds is 5. The van der Waals surface area contributed by atoms with Gasteiger partial charge in [0.2, 0.25) is 0 Å². The smallest absolute Gasteiger partial charge is 0.295 e. The standard InChI is InChI=1S/C25H22N2O4/c1-2-16-8-10-18(11-9-16)23(29)21-22(19-6-3-7-20(28)13-19)27(25(31)24(21)30)15-17-5-4-12-26-14-17/h3-14,22,28-29H,2,15H2,1H3/b23-21-. The number of amides is 1. The van der Waals surface area contributed by atoms with Crippen LogP contribution in [0.2, 0.25) is 0 Å². The van der Waals surface area contributed by atoms with Crippen LogP contribution in [0.25, 0.3) is 5.76 Å². The second-order valence-corrected chi connectivity index (χ2v) is 7.43. The molecule has 6 nitrogen and oxygen atoms in total. The highest BCUT2D eigenvalue weighted by molar-refractivity contribution is 6.46. The van der Waals surface area contributed by atoms with E-state index in [1.165, 1.54) is 17.0 Å². The number of aromatic hydroxyl groups is 1. The number of likely N-dealkylation sites (tertiary alicyclic amines) is 1. The molecule has 2 N–H and O–H groups in total. The van der Waals surface area contributed by atoms with Crippen LogP contribution in [0.5, 0.6) is 5.75 Å². The minimum absolute atomic E-state index is 0.00346. The van der Waals surface area contributed by atoms with Crippen molar-refractivity contribution >= 4 is 17.4 Å². The number of carbonyl (C=O) groups is 2. The topological polar surface area (TPSA) is 90.7 Å². The van der Waals surface area contributed by atoms with Crippen molar-refractivity contribution in [3.8, 4) is 5.75 Å². The Balaban J connectivity index is 1.85. The van der Waals surface area contributed by atoms with Crippen molar-refractivity contribution in [1.82, 2.24) is 9.88 Å². The van der Waals surface area contributed by atoms with Gasteiger partial charge in [-0.2, -0.15) is 0 Å². The van der Waals surface area contributed by atoms with Gasteiger partial charge in [-0.05, 0) is 41.3 Å². The molecule has 4 rings (SSSR count). The second-order valence-electron chi connectivity index (χ2n) is 7.43. The highest BCUT2D eigenvalue weighted by Crippen LogP contribution is 2.40. The third-order valence-corrected chi connectivity index (χ3v) is 5.44. The molecule has 0 aliphatic carbocycles. The van der Waals surface area contributed by atoms with E-state index in [0.717, 1.165) is 17.5 Å². The van der Waals surface area contributed by atoms with Crippen molar-refractivity contribution in [3.63, 3.8) is 0 Å². The lowest BCUT2D eigenvalue weighted by Gasteiger charge is -2.25. The summed E-state index contributed by atoms with van der Waals surface area (Å²) in [5.74, 6) is -1.68. The minimum atomic E-state index is -0.835. The highest BCUT2D eigenvalue weighted by atomic mass is 16.3. The molecule has 1 aromatic heterocycles. The van der Waals surface area contributed by atoms with Crippen molar-refractivity contribution < 1.29 is 19.8 Å². The van der Waals surface area contributed by atoms with Crippen molar-refractivity contribution in [3.05, 3.63) is 101 Å². The van der Waals surface area contributed by atoms with Gasteiger partial charge < -0.3 is 15.1 Å². The number of phenolic OH excluding ortho intramolecular Hbond substituents is 1. The predicted molar refractivity (Wildman–Crippen MR) is 116 cm³/mol. The van der Waals surface area contributed by atoms with Gasteiger partial charge >= 0.3 is 0 Å². The molecule has 0 radical (unpaired) electrons. The average molecular weight is 414 g/mol. The molecule has 0 spiro atoms. The van der Waals surface area contributed by atoms with E-state index >= 15 is 0 Å². The van der Waals surface area contributed by atoms with Gasteiger partial charge in [0, 0.05) is 24.5 Å². The van der Waals surface area contributed by atoms with Crippen molar-refractivity contribution in [1.29, 1.82) is 0 Å². The Morgan fingerprint density at radius 3 is 2.45 bits per heavy atom. The molecule has 1 aliphatic heterocycles. The molecule has 1 unspecified atom stereocenters. The van der Waals surface area contributed by atoms with E-state index in [9.17, 15) is 19.8 Å². The fraction of sp³-hybridized carbons (Fsp3) is 0.160. The van der Waals surface area contributed by atoms with Crippen LogP contribution in [0, 0.1) is 0 Å². The fourth-order valence-corrected chi connectivity index (χ4v) is 3.83. The molecule has 156 valence electrons. The zero-order valence-electron chi connectivity index (χ0n) is 17.0. The number of nitrogens with zero attached hydrogens (tertiary/aromatic N) is 2. The van der Waals surface area contributed by atoms with Crippen LogP contribution in [0.15, 0.2) is 78.6 Å². The number of carbonyl (C=O) groups excluding carboxylic acids is 2. The number of benzene rings is 2. The highest BCUT2D eigenvalue weighted by Gasteiger charge is 2.46. The summed E-state index contributed by atoms with van der Waals surface area (Å²) in [5.41, 5.74) is 2.85. The van der Waals surface area contributed by atoms with Gasteiger partial charge in [-0.15, -0.1) is 0 Å². The molecule has 31 heavy (non-hydrogen) atoms. The Kier molecular flexibility index (Phi) is 5.54. The van der Waals surface area contributed by atoms with Gasteiger partial charge in [0.05, 0.1) is 11.6 Å². The maximum absolute atomic E-state index is 13.0. The summed E-state index contributed by atoms with van der Waals surface area (Å²) < 4.78 is 0. The molecule has 1 atom stereocenters. The van der Waals surface area contributed by atoms with Crippen LogP contribution in [-0.2, 0) is 22.6 Å². The van der Waals surface area contributed by atoms with Crippen LogP contribution in [-0.4, -0.2) is 31.8 Å². The number of pyridine rings is 1. The molecular formula is C25H22N2O4. The van der Waals surface area contributed by atoms with E-state index in [-0.39, 0.29) is 23.6 Å². The molecule has 1 saturated heterocycles. The molecule has 0 saturated carbocycles. The first-order valence-corrected chi connectivity index (χ1v) is 10.0. The van der Waals surface area contributed by atoms with Crippen LogP contribution in [0.4, 0.5) is 0 Å². The van der Waals surface area contributed by atoms with Gasteiger partial charge in [0.25, 0.3) is 11.7 Å². The third kappa shape index (κ3) is 3.92. The van der Waals surface area contributed by atoms with E-state index in [2.05, 4.69) is 4.98 Å². The van der Waals surface area contributed by atoms with Crippen LogP contribution < -0.4 is 0 Å². The fourth-order valence-electron chi connectivity index (χ4n) is 3.83. The first-order valence-electron chi connectivity index (χ1n) is 10.0. The first-order chi connectivity index (χ1) is 15.0. The van der Waals surface area contributed by atoms with E-state index < -0.39 is 17.7 Å². The van der Waals surface area contributed by atoms with E-state index in [1.54, 1.807) is 42.7 Å². The second kappa shape index (κ2) is 8.44. The van der Waals surface area contributed by atoms with Gasteiger partial charge in [0.15, 0.2) is 0 Å². The van der Waals surface area contributed by atoms with Crippen LogP contribution in [0.3, 0.4) is 0 Å². The maximum atomic E-state index is 13.0. The Labute approximate surface area is 180 Å². The van der Waals surface area contributed by atoms with Gasteiger partial charge in [-0.1, -0.05) is 49.4 Å². The quantitative estimate of drug-likeness (QED) is 0.375. The summed E-state index contributed by atoms with van der Waals surface area (Å²) in [6.07, 6.45) is 4.10. The zero-order valence-corrected chi connectivity index (χ0v) is 17.0. The summed E-state index contributed by atoms with van der Waals surface area (Å²) >= 11 is 0. The number of hydrogen-bond acceptors (Lipinski definition) is 5. The van der Waals surface area contributed by atoms with Crippen LogP contribution >= 0.6 is 0 Å². The molecule has 0 bridgehead atoms. The molecule has 1 aliphatic rings. The first kappa shape index (κ1) is 20.3. The number of aliphatic hydroxyl groups is 1. The van der Waals surface area contributed by atoms with Crippen LogP contribution in [0.1, 0.15) is 35.2 Å². The number of phenols is 1. The maximum Gasteiger partial charge on any atom is 0.295 e. The number of aryl methyl sites for hydroxylation is 1. The summed E-state index contributed by atoms with van der Waals surface area (Å²) in [7, 11) is 0. The summed E-state index contributed by atoms with van der Waals surface area (Å²) in [6, 6.07) is 16.3. The van der Waals surface area contributed by atoms with E-state index in [1.807, 2.05) is 25.1 Å². The third-order valence-electron chi connectivity index (χ3n) is 5.44. The summed E-state index contributed by atoms with van der Waals surface area (Å²) in [4.78, 5) is 31.5. The Morgan fingerprint density at radius 1 is 1.03 bits per heavy atom. The van der Waals surface area contributed by atoms with Crippen molar-refractivity contribution in [2.75, 3.05) is 0 Å².